The highest BCUT2D eigenvalue weighted by Crippen LogP contribution is 2.02. The molecule has 0 saturated carbocycles. The Morgan fingerprint density at radius 2 is 1.88 bits per heavy atom. The number of hydrogen-bond donors (Lipinski definition) is 1. The van der Waals surface area contributed by atoms with Gasteiger partial charge in [-0.25, -0.2) is 0 Å². The predicted octanol–water partition coefficient (Wildman–Crippen LogP) is 1.95. The third-order valence-electron chi connectivity index (χ3n) is 2.99. The van der Waals surface area contributed by atoms with Crippen molar-refractivity contribution in [3.05, 3.63) is 35.9 Å². The van der Waals surface area contributed by atoms with Crippen molar-refractivity contribution in [3.63, 3.8) is 0 Å². The average Bonchev–Trinajstić information content (AvgIpc) is 2.56. The van der Waals surface area contributed by atoms with Crippen LogP contribution in [-0.4, -0.2) is 37.6 Å². The summed E-state index contributed by atoms with van der Waals surface area (Å²) >= 11 is 0. The second-order valence-electron chi connectivity index (χ2n) is 4.18. The molecule has 0 amide bonds. The van der Waals surface area contributed by atoms with Crippen molar-refractivity contribution in [2.45, 2.75) is 12.8 Å². The molecule has 0 aromatic heterocycles. The number of halogens is 1. The van der Waals surface area contributed by atoms with E-state index in [2.05, 4.69) is 40.5 Å². The first-order chi connectivity index (χ1) is 7.45. The maximum absolute atomic E-state index is 3.43. The van der Waals surface area contributed by atoms with Crippen LogP contribution >= 0.6 is 12.4 Å². The van der Waals surface area contributed by atoms with Crippen LogP contribution in [0.25, 0.3) is 0 Å². The molecule has 2 rings (SSSR count). The van der Waals surface area contributed by atoms with Gasteiger partial charge in [0.05, 0.1) is 0 Å². The zero-order chi connectivity index (χ0) is 10.3. The molecule has 90 valence electrons. The molecule has 0 aliphatic carbocycles. The smallest absolute Gasteiger partial charge is 0.0107 e. The van der Waals surface area contributed by atoms with Crippen LogP contribution in [0, 0.1) is 0 Å². The van der Waals surface area contributed by atoms with E-state index in [9.17, 15) is 0 Å². The van der Waals surface area contributed by atoms with E-state index in [1.54, 1.807) is 0 Å². The fourth-order valence-electron chi connectivity index (χ4n) is 2.06. The van der Waals surface area contributed by atoms with E-state index in [0.717, 1.165) is 6.54 Å². The molecule has 0 bridgehead atoms. The van der Waals surface area contributed by atoms with Gasteiger partial charge in [0.1, 0.15) is 0 Å². The van der Waals surface area contributed by atoms with Crippen LogP contribution in [0.2, 0.25) is 0 Å². The number of rotatable bonds is 3. The number of nitrogens with one attached hydrogen (secondary N) is 1. The Balaban J connectivity index is 0.00000128. The van der Waals surface area contributed by atoms with Gasteiger partial charge in [-0.2, -0.15) is 0 Å². The Morgan fingerprint density at radius 3 is 2.69 bits per heavy atom. The Kier molecular flexibility index (Phi) is 6.46. The molecule has 1 heterocycles. The molecule has 1 aliphatic heterocycles. The zero-order valence-electron chi connectivity index (χ0n) is 9.69. The lowest BCUT2D eigenvalue weighted by molar-refractivity contribution is 0.296. The summed E-state index contributed by atoms with van der Waals surface area (Å²) in [5, 5.41) is 3.43. The Hall–Kier alpha value is -0.570. The van der Waals surface area contributed by atoms with Gasteiger partial charge in [0.25, 0.3) is 0 Å². The first-order valence-electron chi connectivity index (χ1n) is 5.92. The van der Waals surface area contributed by atoms with Gasteiger partial charge in [0.15, 0.2) is 0 Å². The molecule has 2 nitrogen and oxygen atoms in total. The summed E-state index contributed by atoms with van der Waals surface area (Å²) in [6.45, 7) is 5.98. The molecular formula is C13H21ClN2. The van der Waals surface area contributed by atoms with Gasteiger partial charge in [0, 0.05) is 19.6 Å². The molecular weight excluding hydrogens is 220 g/mol. The lowest BCUT2D eigenvalue weighted by Gasteiger charge is -2.19. The van der Waals surface area contributed by atoms with Crippen LogP contribution in [0.3, 0.4) is 0 Å². The van der Waals surface area contributed by atoms with Crippen LogP contribution in [0.1, 0.15) is 12.0 Å². The summed E-state index contributed by atoms with van der Waals surface area (Å²) in [4.78, 5) is 2.56. The molecule has 1 N–H and O–H groups in total. The van der Waals surface area contributed by atoms with Crippen molar-refractivity contribution in [2.75, 3.05) is 32.7 Å². The minimum atomic E-state index is 0. The van der Waals surface area contributed by atoms with Crippen molar-refractivity contribution in [1.29, 1.82) is 0 Å². The fourth-order valence-corrected chi connectivity index (χ4v) is 2.06. The number of nitrogens with zero attached hydrogens (tertiary/aromatic N) is 1. The van der Waals surface area contributed by atoms with Crippen LogP contribution in [0.4, 0.5) is 0 Å². The van der Waals surface area contributed by atoms with E-state index in [-0.39, 0.29) is 12.4 Å². The van der Waals surface area contributed by atoms with Gasteiger partial charge in [-0.15, -0.1) is 12.4 Å². The molecule has 1 aliphatic rings. The summed E-state index contributed by atoms with van der Waals surface area (Å²) < 4.78 is 0. The molecule has 0 atom stereocenters. The molecule has 1 aromatic carbocycles. The largest absolute Gasteiger partial charge is 0.315 e. The Bertz CT molecular complexity index is 269. The average molecular weight is 241 g/mol. The van der Waals surface area contributed by atoms with E-state index in [1.165, 1.54) is 44.6 Å². The molecule has 1 fully saturated rings. The minimum Gasteiger partial charge on any atom is -0.315 e. The normalized spacial score (nSPS) is 17.5. The van der Waals surface area contributed by atoms with Crippen molar-refractivity contribution in [2.24, 2.45) is 0 Å². The van der Waals surface area contributed by atoms with E-state index in [1.807, 2.05) is 0 Å². The van der Waals surface area contributed by atoms with Gasteiger partial charge in [0.2, 0.25) is 0 Å². The summed E-state index contributed by atoms with van der Waals surface area (Å²) in [6, 6.07) is 10.8. The number of hydrogen-bond acceptors (Lipinski definition) is 2. The third-order valence-corrected chi connectivity index (χ3v) is 2.99. The highest BCUT2D eigenvalue weighted by atomic mass is 35.5. The second kappa shape index (κ2) is 7.66. The van der Waals surface area contributed by atoms with Crippen molar-refractivity contribution >= 4 is 12.4 Å². The quantitative estimate of drug-likeness (QED) is 0.869. The highest BCUT2D eigenvalue weighted by molar-refractivity contribution is 5.85. The highest BCUT2D eigenvalue weighted by Gasteiger charge is 2.07. The van der Waals surface area contributed by atoms with E-state index < -0.39 is 0 Å². The summed E-state index contributed by atoms with van der Waals surface area (Å²) in [5.74, 6) is 0. The number of benzene rings is 1. The summed E-state index contributed by atoms with van der Waals surface area (Å²) in [5.41, 5.74) is 1.45. The van der Waals surface area contributed by atoms with Crippen molar-refractivity contribution in [3.8, 4) is 0 Å². The van der Waals surface area contributed by atoms with Gasteiger partial charge in [-0.3, -0.25) is 0 Å². The Morgan fingerprint density at radius 1 is 1.06 bits per heavy atom. The molecule has 3 heteroatoms. The van der Waals surface area contributed by atoms with Crippen LogP contribution < -0.4 is 5.32 Å². The molecule has 0 spiro atoms. The van der Waals surface area contributed by atoms with Gasteiger partial charge >= 0.3 is 0 Å². The van der Waals surface area contributed by atoms with E-state index in [0.29, 0.717) is 0 Å². The third kappa shape index (κ3) is 4.52. The van der Waals surface area contributed by atoms with Gasteiger partial charge in [-0.1, -0.05) is 30.3 Å². The summed E-state index contributed by atoms with van der Waals surface area (Å²) in [6.07, 6.45) is 2.47. The van der Waals surface area contributed by atoms with Crippen LogP contribution in [-0.2, 0) is 6.42 Å². The maximum atomic E-state index is 3.43. The first-order valence-corrected chi connectivity index (χ1v) is 5.92. The van der Waals surface area contributed by atoms with E-state index in [4.69, 9.17) is 0 Å². The van der Waals surface area contributed by atoms with Gasteiger partial charge in [-0.05, 0) is 31.5 Å². The van der Waals surface area contributed by atoms with E-state index >= 15 is 0 Å². The fraction of sp³-hybridized carbons (Fsp3) is 0.538. The first kappa shape index (κ1) is 13.5. The standard InChI is InChI=1S/C13H20N2.ClH/c1-2-5-13(6-3-1)7-11-15-10-4-8-14-9-12-15;/h1-3,5-6,14H,4,7-12H2;1H. The Labute approximate surface area is 104 Å². The lowest BCUT2D eigenvalue weighted by atomic mass is 10.1. The maximum Gasteiger partial charge on any atom is 0.0107 e. The second-order valence-corrected chi connectivity index (χ2v) is 4.18. The molecule has 1 saturated heterocycles. The van der Waals surface area contributed by atoms with Crippen molar-refractivity contribution in [1.82, 2.24) is 10.2 Å². The van der Waals surface area contributed by atoms with Crippen molar-refractivity contribution < 1.29 is 0 Å². The van der Waals surface area contributed by atoms with Crippen LogP contribution in [0.5, 0.6) is 0 Å². The molecule has 16 heavy (non-hydrogen) atoms. The predicted molar refractivity (Wildman–Crippen MR) is 71.3 cm³/mol. The lowest BCUT2D eigenvalue weighted by Crippen LogP contribution is -2.30. The minimum absolute atomic E-state index is 0. The monoisotopic (exact) mass is 240 g/mol. The SMILES string of the molecule is Cl.c1ccc(CCN2CCCNCC2)cc1. The molecule has 1 aromatic rings. The van der Waals surface area contributed by atoms with Crippen LogP contribution in [0.15, 0.2) is 30.3 Å². The van der Waals surface area contributed by atoms with Gasteiger partial charge < -0.3 is 10.2 Å². The zero-order valence-corrected chi connectivity index (χ0v) is 10.5. The summed E-state index contributed by atoms with van der Waals surface area (Å²) in [7, 11) is 0. The molecule has 0 radical (unpaired) electrons. The topological polar surface area (TPSA) is 15.3 Å². The molecule has 0 unspecified atom stereocenters.